The number of nitrogens with one attached hydrogen (secondary N) is 1. The standard InChI is InChI=1S/C14H17ClF3N5O/c1-6-11(8(3)22(5)20-6)19-13(24)9(4)23-7(2)10(15)12(21-23)14(16,17)18/h9H,1-5H3,(H,19,24)/t9-/m0/s1. The monoisotopic (exact) mass is 363 g/mol. The number of hydrogen-bond donors (Lipinski definition) is 1. The van der Waals surface area contributed by atoms with Crippen molar-refractivity contribution in [3.63, 3.8) is 0 Å². The zero-order chi connectivity index (χ0) is 18.4. The Morgan fingerprint density at radius 3 is 2.21 bits per heavy atom. The van der Waals surface area contributed by atoms with E-state index in [9.17, 15) is 18.0 Å². The number of carbonyl (C=O) groups is 1. The molecule has 132 valence electrons. The van der Waals surface area contributed by atoms with Crippen LogP contribution in [0.5, 0.6) is 0 Å². The zero-order valence-corrected chi connectivity index (χ0v) is 14.5. The maximum atomic E-state index is 12.9. The number of nitrogens with zero attached hydrogens (tertiary/aromatic N) is 4. The Balaban J connectivity index is 2.32. The highest BCUT2D eigenvalue weighted by Gasteiger charge is 2.39. The molecule has 0 aromatic carbocycles. The van der Waals surface area contributed by atoms with Crippen molar-refractivity contribution in [3.8, 4) is 0 Å². The molecule has 1 atom stereocenters. The van der Waals surface area contributed by atoms with Crippen LogP contribution in [-0.2, 0) is 18.0 Å². The Kier molecular flexibility index (Phi) is 4.67. The minimum Gasteiger partial charge on any atom is -0.321 e. The van der Waals surface area contributed by atoms with Gasteiger partial charge in [0.1, 0.15) is 6.04 Å². The van der Waals surface area contributed by atoms with Gasteiger partial charge in [-0.2, -0.15) is 23.4 Å². The second-order valence-electron chi connectivity index (χ2n) is 5.52. The van der Waals surface area contributed by atoms with Crippen LogP contribution in [0.1, 0.15) is 35.7 Å². The Morgan fingerprint density at radius 2 is 1.79 bits per heavy atom. The third-order valence-electron chi connectivity index (χ3n) is 3.85. The maximum absolute atomic E-state index is 12.9. The molecule has 0 aliphatic rings. The average Bonchev–Trinajstić information content (AvgIpc) is 2.90. The van der Waals surface area contributed by atoms with Crippen LogP contribution in [0.15, 0.2) is 0 Å². The first kappa shape index (κ1) is 18.3. The van der Waals surface area contributed by atoms with Crippen LogP contribution in [0.2, 0.25) is 5.02 Å². The molecule has 0 saturated carbocycles. The van der Waals surface area contributed by atoms with Crippen molar-refractivity contribution in [2.75, 3.05) is 5.32 Å². The van der Waals surface area contributed by atoms with Gasteiger partial charge in [0.15, 0.2) is 5.69 Å². The van der Waals surface area contributed by atoms with E-state index in [0.29, 0.717) is 11.4 Å². The lowest BCUT2D eigenvalue weighted by atomic mass is 10.2. The molecule has 1 N–H and O–H groups in total. The van der Waals surface area contributed by atoms with Crippen molar-refractivity contribution >= 4 is 23.2 Å². The van der Waals surface area contributed by atoms with Gasteiger partial charge < -0.3 is 5.32 Å². The first-order valence-electron chi connectivity index (χ1n) is 7.08. The highest BCUT2D eigenvalue weighted by Crippen LogP contribution is 2.36. The molecule has 0 unspecified atom stereocenters. The lowest BCUT2D eigenvalue weighted by molar-refractivity contribution is -0.141. The van der Waals surface area contributed by atoms with Crippen LogP contribution in [-0.4, -0.2) is 25.5 Å². The Labute approximate surface area is 141 Å². The Hall–Kier alpha value is -2.03. The van der Waals surface area contributed by atoms with E-state index in [1.165, 1.54) is 13.8 Å². The number of alkyl halides is 3. The fourth-order valence-corrected chi connectivity index (χ4v) is 2.58. The molecule has 0 radical (unpaired) electrons. The van der Waals surface area contributed by atoms with Gasteiger partial charge in [0.05, 0.1) is 27.8 Å². The Morgan fingerprint density at radius 1 is 1.21 bits per heavy atom. The van der Waals surface area contributed by atoms with E-state index in [1.807, 2.05) is 0 Å². The molecule has 0 bridgehead atoms. The third kappa shape index (κ3) is 3.12. The van der Waals surface area contributed by atoms with E-state index in [4.69, 9.17) is 11.6 Å². The van der Waals surface area contributed by atoms with E-state index >= 15 is 0 Å². The minimum atomic E-state index is -4.68. The summed E-state index contributed by atoms with van der Waals surface area (Å²) in [4.78, 5) is 12.4. The number of halogens is 4. The number of aryl methyl sites for hydroxylation is 2. The first-order valence-corrected chi connectivity index (χ1v) is 7.45. The molecule has 2 rings (SSSR count). The summed E-state index contributed by atoms with van der Waals surface area (Å²) in [5.74, 6) is -0.509. The van der Waals surface area contributed by atoms with Gasteiger partial charge in [-0.25, -0.2) is 0 Å². The molecular formula is C14H17ClF3N5O. The summed E-state index contributed by atoms with van der Waals surface area (Å²) in [6, 6.07) is -0.974. The number of anilines is 1. The average molecular weight is 364 g/mol. The number of amides is 1. The third-order valence-corrected chi connectivity index (χ3v) is 4.30. The van der Waals surface area contributed by atoms with E-state index in [-0.39, 0.29) is 5.69 Å². The topological polar surface area (TPSA) is 64.7 Å². The molecule has 0 saturated heterocycles. The largest absolute Gasteiger partial charge is 0.436 e. The molecule has 6 nitrogen and oxygen atoms in total. The van der Waals surface area contributed by atoms with Crippen LogP contribution in [0, 0.1) is 20.8 Å². The van der Waals surface area contributed by atoms with Crippen LogP contribution in [0.25, 0.3) is 0 Å². The SMILES string of the molecule is Cc1nn(C)c(C)c1NC(=O)[C@H](C)n1nc(C(F)(F)F)c(Cl)c1C. The lowest BCUT2D eigenvalue weighted by Crippen LogP contribution is -2.26. The van der Waals surface area contributed by atoms with E-state index in [0.717, 1.165) is 10.4 Å². The highest BCUT2D eigenvalue weighted by molar-refractivity contribution is 6.32. The van der Waals surface area contributed by atoms with Gasteiger partial charge in [-0.1, -0.05) is 11.6 Å². The van der Waals surface area contributed by atoms with Gasteiger partial charge in [0.25, 0.3) is 0 Å². The zero-order valence-electron chi connectivity index (χ0n) is 13.8. The maximum Gasteiger partial charge on any atom is 0.436 e. The highest BCUT2D eigenvalue weighted by atomic mass is 35.5. The first-order chi connectivity index (χ1) is 10.9. The molecule has 2 aromatic rings. The van der Waals surface area contributed by atoms with Crippen molar-refractivity contribution < 1.29 is 18.0 Å². The van der Waals surface area contributed by atoms with E-state index in [2.05, 4.69) is 15.5 Å². The predicted molar refractivity (Wildman–Crippen MR) is 83.0 cm³/mol. The van der Waals surface area contributed by atoms with Crippen LogP contribution >= 0.6 is 11.6 Å². The van der Waals surface area contributed by atoms with Crippen molar-refractivity contribution in [2.24, 2.45) is 7.05 Å². The van der Waals surface area contributed by atoms with Crippen LogP contribution < -0.4 is 5.32 Å². The van der Waals surface area contributed by atoms with E-state index < -0.39 is 28.8 Å². The van der Waals surface area contributed by atoms with E-state index in [1.54, 1.807) is 25.6 Å². The van der Waals surface area contributed by atoms with Crippen LogP contribution in [0.4, 0.5) is 18.9 Å². The van der Waals surface area contributed by atoms with Crippen molar-refractivity contribution in [1.82, 2.24) is 19.6 Å². The molecule has 10 heteroatoms. The summed E-state index contributed by atoms with van der Waals surface area (Å²) < 4.78 is 41.2. The smallest absolute Gasteiger partial charge is 0.321 e. The van der Waals surface area contributed by atoms with Gasteiger partial charge in [-0.05, 0) is 27.7 Å². The summed E-state index contributed by atoms with van der Waals surface area (Å²) in [7, 11) is 1.73. The summed E-state index contributed by atoms with van der Waals surface area (Å²) in [5.41, 5.74) is 0.753. The second kappa shape index (κ2) is 6.12. The summed E-state index contributed by atoms with van der Waals surface area (Å²) in [5, 5.41) is 9.83. The van der Waals surface area contributed by atoms with Crippen LogP contribution in [0.3, 0.4) is 0 Å². The molecule has 0 aliphatic heterocycles. The molecule has 0 fully saturated rings. The summed E-state index contributed by atoms with van der Waals surface area (Å²) in [6.07, 6.45) is -4.68. The second-order valence-corrected chi connectivity index (χ2v) is 5.90. The van der Waals surface area contributed by atoms with Gasteiger partial charge in [0.2, 0.25) is 5.91 Å². The number of rotatable bonds is 3. The summed E-state index contributed by atoms with van der Waals surface area (Å²) >= 11 is 5.71. The summed E-state index contributed by atoms with van der Waals surface area (Å²) in [6.45, 7) is 6.34. The number of carbonyl (C=O) groups excluding carboxylic acids is 1. The minimum absolute atomic E-state index is 0.0753. The normalized spacial score (nSPS) is 13.2. The lowest BCUT2D eigenvalue weighted by Gasteiger charge is -2.14. The van der Waals surface area contributed by atoms with Gasteiger partial charge in [0, 0.05) is 7.05 Å². The number of hydrogen-bond acceptors (Lipinski definition) is 3. The molecule has 2 aromatic heterocycles. The molecular weight excluding hydrogens is 347 g/mol. The molecule has 2 heterocycles. The van der Waals surface area contributed by atoms with Crippen molar-refractivity contribution in [1.29, 1.82) is 0 Å². The van der Waals surface area contributed by atoms with Crippen molar-refractivity contribution in [2.45, 2.75) is 39.9 Å². The fourth-order valence-electron chi connectivity index (χ4n) is 2.35. The van der Waals surface area contributed by atoms with Gasteiger partial charge in [-0.3, -0.25) is 14.2 Å². The molecule has 1 amide bonds. The van der Waals surface area contributed by atoms with Crippen molar-refractivity contribution in [3.05, 3.63) is 27.8 Å². The quantitative estimate of drug-likeness (QED) is 0.908. The number of aromatic nitrogens is 4. The Bertz CT molecular complexity index is 793. The fraction of sp³-hybridized carbons (Fsp3) is 0.500. The van der Waals surface area contributed by atoms with Gasteiger partial charge in [-0.15, -0.1) is 0 Å². The molecule has 24 heavy (non-hydrogen) atoms. The van der Waals surface area contributed by atoms with Gasteiger partial charge >= 0.3 is 6.18 Å². The predicted octanol–water partition coefficient (Wildman–Crippen LogP) is 3.41. The molecule has 0 aliphatic carbocycles. The molecule has 0 spiro atoms.